The predicted octanol–water partition coefficient (Wildman–Crippen LogP) is 5.68. The molecule has 4 aromatic rings. The van der Waals surface area contributed by atoms with Crippen LogP contribution in [-0.4, -0.2) is 34.0 Å². The van der Waals surface area contributed by atoms with Gasteiger partial charge in [0.05, 0.1) is 12.2 Å². The third kappa shape index (κ3) is 6.34. The first-order valence-electron chi connectivity index (χ1n) is 13.8. The number of aromatic nitrogens is 2. The van der Waals surface area contributed by atoms with Gasteiger partial charge in [-0.15, -0.1) is 0 Å². The molecular weight excluding hydrogens is 580 g/mol. The number of pyridine rings is 2. The molecule has 0 fully saturated rings. The van der Waals surface area contributed by atoms with E-state index in [1.807, 2.05) is 13.8 Å². The topological polar surface area (TPSA) is 130 Å². The molecule has 0 radical (unpaired) electrons. The lowest BCUT2D eigenvalue weighted by Gasteiger charge is -2.25. The summed E-state index contributed by atoms with van der Waals surface area (Å²) in [5, 5.41) is 0. The molecule has 2 atom stereocenters. The molecule has 6 rings (SSSR count). The van der Waals surface area contributed by atoms with Gasteiger partial charge in [-0.25, -0.2) is 27.5 Å². The van der Waals surface area contributed by atoms with E-state index in [9.17, 15) is 27.2 Å². The Morgan fingerprint density at radius 2 is 1.05 bits per heavy atom. The highest BCUT2D eigenvalue weighted by Gasteiger charge is 2.26. The number of hydrogen-bond acceptors (Lipinski definition) is 6. The Kier molecular flexibility index (Phi) is 8.52. The Labute approximate surface area is 250 Å². The van der Waals surface area contributed by atoms with Crippen molar-refractivity contribution in [2.75, 3.05) is 0 Å². The summed E-state index contributed by atoms with van der Waals surface area (Å²) in [5.41, 5.74) is 13.3. The Balaban J connectivity index is 0.000000175. The maximum absolute atomic E-state index is 14.1. The average Bonchev–Trinajstić information content (AvgIpc) is 2.96. The monoisotopic (exact) mass is 608 g/mol. The third-order valence-electron chi connectivity index (χ3n) is 7.35. The maximum atomic E-state index is 14.1. The van der Waals surface area contributed by atoms with E-state index in [1.54, 1.807) is 0 Å². The van der Waals surface area contributed by atoms with Gasteiger partial charge in [0.1, 0.15) is 34.7 Å². The first kappa shape index (κ1) is 30.5. The van der Waals surface area contributed by atoms with E-state index in [0.717, 1.165) is 25.0 Å². The minimum absolute atomic E-state index is 0.00780. The van der Waals surface area contributed by atoms with Gasteiger partial charge in [-0.2, -0.15) is 0 Å². The average molecular weight is 609 g/mol. The maximum Gasteiger partial charge on any atom is 0.267 e. The molecule has 4 heterocycles. The third-order valence-corrected chi connectivity index (χ3v) is 7.35. The molecule has 12 heteroatoms. The van der Waals surface area contributed by atoms with Gasteiger partial charge in [0.15, 0.2) is 0 Å². The summed E-state index contributed by atoms with van der Waals surface area (Å²) in [6.07, 6.45) is 2.67. The van der Waals surface area contributed by atoms with Crippen LogP contribution in [-0.2, 0) is 12.8 Å². The largest absolute Gasteiger partial charge is 0.474 e. The number of hydrogen-bond donors (Lipinski definition) is 2. The number of nitrogens with zero attached hydrogens (tertiary/aromatic N) is 2. The van der Waals surface area contributed by atoms with Crippen molar-refractivity contribution in [3.63, 3.8) is 0 Å². The van der Waals surface area contributed by atoms with E-state index in [-0.39, 0.29) is 46.5 Å². The fourth-order valence-corrected chi connectivity index (χ4v) is 5.12. The van der Waals surface area contributed by atoms with Crippen molar-refractivity contribution in [2.24, 2.45) is 11.5 Å². The van der Waals surface area contributed by atoms with Crippen molar-refractivity contribution < 1.29 is 36.6 Å². The van der Waals surface area contributed by atoms with Gasteiger partial charge < -0.3 is 20.9 Å². The second-order valence-corrected chi connectivity index (χ2v) is 10.6. The quantitative estimate of drug-likeness (QED) is 0.287. The van der Waals surface area contributed by atoms with E-state index >= 15 is 0 Å². The molecule has 0 aliphatic carbocycles. The highest BCUT2D eigenvalue weighted by atomic mass is 19.1. The van der Waals surface area contributed by atoms with Gasteiger partial charge in [-0.05, 0) is 87.1 Å². The number of nitrogens with two attached hydrogens (primary N) is 2. The molecule has 0 bridgehead atoms. The van der Waals surface area contributed by atoms with E-state index < -0.39 is 35.1 Å². The number of carbonyl (C=O) groups excluding carboxylic acids is 2. The lowest BCUT2D eigenvalue weighted by Crippen LogP contribution is -2.23. The molecule has 8 nitrogen and oxygen atoms in total. The van der Waals surface area contributed by atoms with Gasteiger partial charge in [0.2, 0.25) is 11.8 Å². The number of carbonyl (C=O) groups is 2. The van der Waals surface area contributed by atoms with E-state index in [2.05, 4.69) is 9.97 Å². The summed E-state index contributed by atoms with van der Waals surface area (Å²) >= 11 is 0. The first-order chi connectivity index (χ1) is 20.9. The SMILES string of the molecule is C[C@@H]1CCc2c(-c3ccc(F)cc3F)cc(C(N)=O)nc2O1.C[C@H]1CCc2c(-c3ccc(F)cc3F)cc(C(N)=O)nc2O1. The normalized spacial score (nSPS) is 16.8. The Morgan fingerprint density at radius 3 is 1.39 bits per heavy atom. The highest BCUT2D eigenvalue weighted by Crippen LogP contribution is 2.38. The zero-order valence-corrected chi connectivity index (χ0v) is 23.8. The van der Waals surface area contributed by atoms with Crippen molar-refractivity contribution in [2.45, 2.75) is 51.7 Å². The van der Waals surface area contributed by atoms with Crippen LogP contribution >= 0.6 is 0 Å². The highest BCUT2D eigenvalue weighted by molar-refractivity contribution is 5.93. The molecule has 2 aliphatic heterocycles. The molecular formula is C32H28F4N4O4. The molecule has 0 unspecified atom stereocenters. The molecule has 0 spiro atoms. The van der Waals surface area contributed by atoms with Crippen molar-refractivity contribution in [1.82, 2.24) is 9.97 Å². The van der Waals surface area contributed by atoms with Crippen LogP contribution < -0.4 is 20.9 Å². The molecule has 0 saturated heterocycles. The van der Waals surface area contributed by atoms with Crippen LogP contribution in [0.5, 0.6) is 11.8 Å². The summed E-state index contributed by atoms with van der Waals surface area (Å²) in [6, 6.07) is 9.47. The number of halogens is 4. The summed E-state index contributed by atoms with van der Waals surface area (Å²) in [7, 11) is 0. The number of rotatable bonds is 4. The van der Waals surface area contributed by atoms with Gasteiger partial charge in [0.25, 0.3) is 11.8 Å². The van der Waals surface area contributed by atoms with Crippen LogP contribution in [0.2, 0.25) is 0 Å². The van der Waals surface area contributed by atoms with Crippen LogP contribution in [0, 0.1) is 23.3 Å². The standard InChI is InChI=1S/2C16H14F2N2O2/c2*1-8-2-4-11-12(10-5-3-9(17)6-13(10)18)7-14(15(19)21)20-16(11)22-8/h2*3,5-8H,2,4H2,1H3,(H2,19,21)/t2*8-/m10/s1. The van der Waals surface area contributed by atoms with E-state index in [0.29, 0.717) is 35.1 Å². The van der Waals surface area contributed by atoms with Crippen molar-refractivity contribution in [1.29, 1.82) is 0 Å². The Bertz CT molecular complexity index is 1650. The number of benzene rings is 2. The Hall–Kier alpha value is -5.00. The van der Waals surface area contributed by atoms with Crippen LogP contribution in [0.25, 0.3) is 22.3 Å². The number of fused-ring (bicyclic) bond motifs is 2. The molecule has 228 valence electrons. The zero-order valence-electron chi connectivity index (χ0n) is 23.8. The van der Waals surface area contributed by atoms with Crippen molar-refractivity contribution in [3.8, 4) is 34.0 Å². The lowest BCUT2D eigenvalue weighted by atomic mass is 9.94. The second kappa shape index (κ2) is 12.3. The molecule has 4 N–H and O–H groups in total. The summed E-state index contributed by atoms with van der Waals surface area (Å²) < 4.78 is 65.7. The fraction of sp³-hybridized carbons (Fsp3) is 0.250. The fourth-order valence-electron chi connectivity index (χ4n) is 5.12. The summed E-state index contributed by atoms with van der Waals surface area (Å²) in [5.74, 6) is -3.62. The molecule has 2 amide bonds. The van der Waals surface area contributed by atoms with Gasteiger partial charge in [-0.3, -0.25) is 9.59 Å². The van der Waals surface area contributed by atoms with Gasteiger partial charge >= 0.3 is 0 Å². The second-order valence-electron chi connectivity index (χ2n) is 10.6. The van der Waals surface area contributed by atoms with Crippen LogP contribution in [0.3, 0.4) is 0 Å². The lowest BCUT2D eigenvalue weighted by molar-refractivity contribution is 0.0984. The molecule has 2 aliphatic rings. The minimum Gasteiger partial charge on any atom is -0.474 e. The predicted molar refractivity (Wildman–Crippen MR) is 153 cm³/mol. The van der Waals surface area contributed by atoms with Gasteiger partial charge in [0, 0.05) is 34.4 Å². The van der Waals surface area contributed by atoms with E-state index in [4.69, 9.17) is 20.9 Å². The molecule has 2 aromatic heterocycles. The number of ether oxygens (including phenoxy) is 2. The smallest absolute Gasteiger partial charge is 0.267 e. The minimum atomic E-state index is -0.728. The zero-order chi connectivity index (χ0) is 31.7. The summed E-state index contributed by atoms with van der Waals surface area (Å²) in [4.78, 5) is 31.1. The van der Waals surface area contributed by atoms with Crippen LogP contribution in [0.15, 0.2) is 48.5 Å². The van der Waals surface area contributed by atoms with Crippen LogP contribution in [0.4, 0.5) is 17.6 Å². The first-order valence-corrected chi connectivity index (χ1v) is 13.8. The van der Waals surface area contributed by atoms with E-state index in [1.165, 1.54) is 36.4 Å². The van der Waals surface area contributed by atoms with Gasteiger partial charge in [-0.1, -0.05) is 0 Å². The van der Waals surface area contributed by atoms with Crippen molar-refractivity contribution in [3.05, 3.63) is 94.3 Å². The molecule has 44 heavy (non-hydrogen) atoms. The van der Waals surface area contributed by atoms with Crippen molar-refractivity contribution >= 4 is 11.8 Å². The Morgan fingerprint density at radius 1 is 0.659 bits per heavy atom. The van der Waals surface area contributed by atoms with Crippen LogP contribution in [0.1, 0.15) is 58.8 Å². The molecule has 0 saturated carbocycles. The number of primary amides is 2. The summed E-state index contributed by atoms with van der Waals surface area (Å²) in [6.45, 7) is 3.78. The number of amides is 2. The molecule has 2 aromatic carbocycles.